The molecule has 1 saturated heterocycles. The van der Waals surface area contributed by atoms with E-state index in [2.05, 4.69) is 10.2 Å². The Labute approximate surface area is 159 Å². The van der Waals surface area contributed by atoms with Gasteiger partial charge in [0, 0.05) is 24.5 Å². The first kappa shape index (κ1) is 21.6. The maximum atomic E-state index is 12.1. The van der Waals surface area contributed by atoms with Gasteiger partial charge in [-0.1, -0.05) is 6.07 Å². The fourth-order valence-corrected chi connectivity index (χ4v) is 3.47. The second-order valence-electron chi connectivity index (χ2n) is 6.10. The summed E-state index contributed by atoms with van der Waals surface area (Å²) >= 11 is 1.61. The van der Waals surface area contributed by atoms with E-state index >= 15 is 0 Å². The van der Waals surface area contributed by atoms with E-state index in [1.807, 2.05) is 22.8 Å². The van der Waals surface area contributed by atoms with Crippen molar-refractivity contribution in [1.29, 1.82) is 0 Å². The third-order valence-corrected chi connectivity index (χ3v) is 5.03. The minimum atomic E-state index is -4.53. The Morgan fingerprint density at radius 3 is 2.63 bits per heavy atom. The highest BCUT2D eigenvalue weighted by Crippen LogP contribution is 2.25. The molecule has 1 aromatic rings. The molecule has 0 aromatic carbocycles. The standard InChI is InChI=1S/C16H23F3N4O3S/c1-11(14(24)22-15(25)21-10-16(17,18)19)20-9-12(13-3-2-8-27-13)23-4-6-26-7-5-23/h2-3,8,11-12,20H,4-7,9-10H2,1H3,(H2,21,22,24,25). The highest BCUT2D eigenvalue weighted by atomic mass is 32.1. The van der Waals surface area contributed by atoms with Crippen LogP contribution in [0.25, 0.3) is 0 Å². The molecule has 0 saturated carbocycles. The molecule has 0 bridgehead atoms. The van der Waals surface area contributed by atoms with Crippen LogP contribution >= 0.6 is 11.3 Å². The van der Waals surface area contributed by atoms with Crippen molar-refractivity contribution in [2.75, 3.05) is 39.4 Å². The summed E-state index contributed by atoms with van der Waals surface area (Å²) in [5, 5.41) is 8.54. The number of ether oxygens (including phenoxy) is 1. The molecule has 2 atom stereocenters. The number of hydrogen-bond acceptors (Lipinski definition) is 6. The summed E-state index contributed by atoms with van der Waals surface area (Å²) in [6.07, 6.45) is -4.53. The summed E-state index contributed by atoms with van der Waals surface area (Å²) in [7, 11) is 0. The molecular formula is C16H23F3N4O3S. The van der Waals surface area contributed by atoms with E-state index in [0.717, 1.165) is 18.0 Å². The van der Waals surface area contributed by atoms with Crippen molar-refractivity contribution in [2.45, 2.75) is 25.2 Å². The average Bonchev–Trinajstić information content (AvgIpc) is 3.14. The topological polar surface area (TPSA) is 82.7 Å². The van der Waals surface area contributed by atoms with E-state index < -0.39 is 30.7 Å². The molecule has 0 spiro atoms. The van der Waals surface area contributed by atoms with Gasteiger partial charge in [0.05, 0.1) is 25.3 Å². The molecular weight excluding hydrogens is 385 g/mol. The van der Waals surface area contributed by atoms with Crippen molar-refractivity contribution < 1.29 is 27.5 Å². The lowest BCUT2D eigenvalue weighted by Crippen LogP contribution is -2.51. The lowest BCUT2D eigenvalue weighted by atomic mass is 10.1. The Balaban J connectivity index is 1.84. The number of hydrogen-bond donors (Lipinski definition) is 3. The number of thiophene rings is 1. The molecule has 2 unspecified atom stereocenters. The average molecular weight is 408 g/mol. The van der Waals surface area contributed by atoms with Gasteiger partial charge in [0.1, 0.15) is 6.54 Å². The van der Waals surface area contributed by atoms with Gasteiger partial charge in [-0.25, -0.2) is 4.79 Å². The van der Waals surface area contributed by atoms with E-state index in [9.17, 15) is 22.8 Å². The van der Waals surface area contributed by atoms with Gasteiger partial charge >= 0.3 is 12.2 Å². The first-order valence-electron chi connectivity index (χ1n) is 8.50. The fourth-order valence-electron chi connectivity index (χ4n) is 2.61. The zero-order valence-electron chi connectivity index (χ0n) is 14.8. The molecule has 3 N–H and O–H groups in total. The van der Waals surface area contributed by atoms with Crippen LogP contribution in [0.4, 0.5) is 18.0 Å². The summed E-state index contributed by atoms with van der Waals surface area (Å²) in [6.45, 7) is 3.33. The van der Waals surface area contributed by atoms with E-state index in [1.54, 1.807) is 23.6 Å². The second-order valence-corrected chi connectivity index (χ2v) is 7.08. The minimum absolute atomic E-state index is 0.0446. The number of carbonyl (C=O) groups is 2. The van der Waals surface area contributed by atoms with Crippen LogP contribution in [-0.4, -0.2) is 68.4 Å². The lowest BCUT2D eigenvalue weighted by Gasteiger charge is -2.34. The first-order valence-corrected chi connectivity index (χ1v) is 9.38. The molecule has 1 aromatic heterocycles. The summed E-state index contributed by atoms with van der Waals surface area (Å²) in [5.74, 6) is -0.693. The van der Waals surface area contributed by atoms with Crippen LogP contribution in [0, 0.1) is 0 Å². The molecule has 27 heavy (non-hydrogen) atoms. The van der Waals surface area contributed by atoms with Crippen LogP contribution in [0.2, 0.25) is 0 Å². The predicted molar refractivity (Wildman–Crippen MR) is 94.5 cm³/mol. The summed E-state index contributed by atoms with van der Waals surface area (Å²) < 4.78 is 41.6. The molecule has 1 aliphatic rings. The molecule has 2 rings (SSSR count). The molecule has 0 aliphatic carbocycles. The van der Waals surface area contributed by atoms with Gasteiger partial charge in [-0.05, 0) is 18.4 Å². The zero-order chi connectivity index (χ0) is 19.9. The number of amides is 3. The molecule has 1 fully saturated rings. The van der Waals surface area contributed by atoms with Crippen molar-refractivity contribution in [3.8, 4) is 0 Å². The van der Waals surface area contributed by atoms with Crippen LogP contribution < -0.4 is 16.0 Å². The number of nitrogens with zero attached hydrogens (tertiary/aromatic N) is 1. The van der Waals surface area contributed by atoms with Crippen molar-refractivity contribution in [2.24, 2.45) is 0 Å². The third kappa shape index (κ3) is 7.45. The van der Waals surface area contributed by atoms with Crippen LogP contribution in [0.5, 0.6) is 0 Å². The van der Waals surface area contributed by atoms with Gasteiger partial charge in [-0.3, -0.25) is 15.0 Å². The number of urea groups is 1. The lowest BCUT2D eigenvalue weighted by molar-refractivity contribution is -0.125. The van der Waals surface area contributed by atoms with Gasteiger partial charge in [0.25, 0.3) is 0 Å². The number of alkyl halides is 3. The minimum Gasteiger partial charge on any atom is -0.379 e. The van der Waals surface area contributed by atoms with E-state index in [0.29, 0.717) is 19.8 Å². The zero-order valence-corrected chi connectivity index (χ0v) is 15.7. The normalized spacial score (nSPS) is 17.9. The summed E-state index contributed by atoms with van der Waals surface area (Å²) in [4.78, 5) is 26.8. The highest BCUT2D eigenvalue weighted by molar-refractivity contribution is 7.10. The molecule has 0 radical (unpaired) electrons. The van der Waals surface area contributed by atoms with Crippen LogP contribution in [-0.2, 0) is 9.53 Å². The van der Waals surface area contributed by atoms with Crippen LogP contribution in [0.3, 0.4) is 0 Å². The molecule has 1 aliphatic heterocycles. The smallest absolute Gasteiger partial charge is 0.379 e. The Morgan fingerprint density at radius 2 is 2.04 bits per heavy atom. The fraction of sp³-hybridized carbons (Fsp3) is 0.625. The Hall–Kier alpha value is -1.69. The number of morpholine rings is 1. The first-order chi connectivity index (χ1) is 12.8. The largest absolute Gasteiger partial charge is 0.405 e. The third-order valence-electron chi connectivity index (χ3n) is 4.05. The van der Waals surface area contributed by atoms with E-state index in [1.165, 1.54) is 0 Å². The van der Waals surface area contributed by atoms with Gasteiger partial charge in [-0.15, -0.1) is 11.3 Å². The van der Waals surface area contributed by atoms with Crippen molar-refractivity contribution >= 4 is 23.3 Å². The second kappa shape index (κ2) is 10.0. The predicted octanol–water partition coefficient (Wildman–Crippen LogP) is 1.49. The van der Waals surface area contributed by atoms with Crippen LogP contribution in [0.15, 0.2) is 17.5 Å². The van der Waals surface area contributed by atoms with E-state index in [-0.39, 0.29) is 6.04 Å². The van der Waals surface area contributed by atoms with Crippen molar-refractivity contribution in [1.82, 2.24) is 20.9 Å². The molecule has 2 heterocycles. The summed E-state index contributed by atoms with van der Waals surface area (Å²) in [5.41, 5.74) is 0. The number of imide groups is 1. The Morgan fingerprint density at radius 1 is 1.33 bits per heavy atom. The van der Waals surface area contributed by atoms with Crippen molar-refractivity contribution in [3.05, 3.63) is 22.4 Å². The molecule has 152 valence electrons. The molecule has 3 amide bonds. The van der Waals surface area contributed by atoms with Gasteiger partial charge in [0.2, 0.25) is 5.91 Å². The van der Waals surface area contributed by atoms with Crippen molar-refractivity contribution in [3.63, 3.8) is 0 Å². The summed E-state index contributed by atoms with van der Waals surface area (Å²) in [6, 6.07) is 2.10. The van der Waals surface area contributed by atoms with Crippen LogP contribution in [0.1, 0.15) is 17.8 Å². The quantitative estimate of drug-likeness (QED) is 0.637. The van der Waals surface area contributed by atoms with Gasteiger partial charge < -0.3 is 15.4 Å². The highest BCUT2D eigenvalue weighted by Gasteiger charge is 2.29. The van der Waals surface area contributed by atoms with E-state index in [4.69, 9.17) is 4.74 Å². The monoisotopic (exact) mass is 408 g/mol. The Kier molecular flexibility index (Phi) is 8.02. The number of rotatable bonds is 7. The number of nitrogens with one attached hydrogen (secondary N) is 3. The Bertz CT molecular complexity index is 607. The maximum absolute atomic E-state index is 12.1. The number of carbonyl (C=O) groups excluding carboxylic acids is 2. The SMILES string of the molecule is CC(NCC(c1cccs1)N1CCOCC1)C(=O)NC(=O)NCC(F)(F)F. The molecule has 11 heteroatoms. The molecule has 7 nitrogen and oxygen atoms in total. The number of halogens is 3. The van der Waals surface area contributed by atoms with Gasteiger partial charge in [0.15, 0.2) is 0 Å². The maximum Gasteiger partial charge on any atom is 0.405 e. The van der Waals surface area contributed by atoms with Gasteiger partial charge in [-0.2, -0.15) is 13.2 Å².